The Morgan fingerprint density at radius 2 is 1.45 bits per heavy atom. The number of hydrogen-bond acceptors (Lipinski definition) is 1. The van der Waals surface area contributed by atoms with Gasteiger partial charge in [0.2, 0.25) is 5.82 Å². The second kappa shape index (κ2) is 9.65. The molecule has 0 atom stereocenters. The molecule has 2 saturated carbocycles. The van der Waals surface area contributed by atoms with Crippen LogP contribution in [0.3, 0.4) is 0 Å². The van der Waals surface area contributed by atoms with Crippen LogP contribution < -0.4 is 4.74 Å². The molecule has 0 aliphatic heterocycles. The van der Waals surface area contributed by atoms with Crippen molar-refractivity contribution in [3.05, 3.63) is 29.3 Å². The molecule has 0 saturated heterocycles. The molecule has 0 radical (unpaired) electrons. The van der Waals surface area contributed by atoms with Crippen molar-refractivity contribution in [2.24, 2.45) is 17.8 Å². The van der Waals surface area contributed by atoms with Crippen LogP contribution in [-0.2, 0) is 0 Å². The van der Waals surface area contributed by atoms with Gasteiger partial charge in [-0.15, -0.1) is 0 Å². The van der Waals surface area contributed by atoms with Crippen LogP contribution in [0.1, 0.15) is 82.6 Å². The summed E-state index contributed by atoms with van der Waals surface area (Å²) >= 11 is 0. The van der Waals surface area contributed by atoms with Gasteiger partial charge < -0.3 is 4.74 Å². The van der Waals surface area contributed by atoms with Crippen LogP contribution in [-0.4, -0.2) is 12.8 Å². The van der Waals surface area contributed by atoms with Crippen LogP contribution >= 0.6 is 0 Å². The highest BCUT2D eigenvalue weighted by molar-refractivity contribution is 5.33. The predicted molar refractivity (Wildman–Crippen MR) is 103 cm³/mol. The van der Waals surface area contributed by atoms with Crippen LogP contribution in [0.2, 0.25) is 0 Å². The van der Waals surface area contributed by atoms with Gasteiger partial charge in [-0.25, -0.2) is 4.39 Å². The van der Waals surface area contributed by atoms with Crippen LogP contribution in [0.25, 0.3) is 0 Å². The molecule has 0 amide bonds. The maximum atomic E-state index is 14.5. The van der Waals surface area contributed by atoms with E-state index >= 15 is 0 Å². The molecule has 0 bridgehead atoms. The van der Waals surface area contributed by atoms with Gasteiger partial charge in [0.05, 0.1) is 0 Å². The van der Waals surface area contributed by atoms with E-state index in [1.54, 1.807) is 0 Å². The van der Waals surface area contributed by atoms with Crippen molar-refractivity contribution in [2.45, 2.75) is 83.2 Å². The normalized spacial score (nSPS) is 28.3. The number of alkyl halides is 3. The zero-order chi connectivity index (χ0) is 21.0. The second-order valence-corrected chi connectivity index (χ2v) is 8.87. The summed E-state index contributed by atoms with van der Waals surface area (Å²) in [4.78, 5) is 0. The zero-order valence-corrected chi connectivity index (χ0v) is 17.0. The van der Waals surface area contributed by atoms with Gasteiger partial charge in [-0.2, -0.15) is 17.6 Å². The molecule has 3 rings (SSSR count). The summed E-state index contributed by atoms with van der Waals surface area (Å²) in [7, 11) is 0. The average molecular weight is 418 g/mol. The van der Waals surface area contributed by atoms with Gasteiger partial charge >= 0.3 is 6.18 Å². The summed E-state index contributed by atoms with van der Waals surface area (Å²) < 4.78 is 69.9. The van der Waals surface area contributed by atoms with Gasteiger partial charge in [-0.05, 0) is 73.8 Å². The van der Waals surface area contributed by atoms with Gasteiger partial charge in [-0.1, -0.05) is 38.7 Å². The number of rotatable bonds is 6. The molecular formula is C23H31F5O. The highest BCUT2D eigenvalue weighted by Crippen LogP contribution is 2.45. The Labute approximate surface area is 170 Å². The third kappa shape index (κ3) is 5.85. The first-order chi connectivity index (χ1) is 13.8. The highest BCUT2D eigenvalue weighted by atomic mass is 19.4. The van der Waals surface area contributed by atoms with Gasteiger partial charge in [0.1, 0.15) is 0 Å². The lowest BCUT2D eigenvalue weighted by Crippen LogP contribution is -2.25. The summed E-state index contributed by atoms with van der Waals surface area (Å²) in [6.07, 6.45) is 6.84. The molecule has 1 nitrogen and oxygen atoms in total. The molecule has 0 aromatic heterocycles. The minimum absolute atomic E-state index is 0.0751. The summed E-state index contributed by atoms with van der Waals surface area (Å²) in [6.45, 7) is 0.610. The third-order valence-corrected chi connectivity index (χ3v) is 6.93. The van der Waals surface area contributed by atoms with E-state index in [1.165, 1.54) is 44.6 Å². The Kier molecular flexibility index (Phi) is 7.44. The highest BCUT2D eigenvalue weighted by Gasteiger charge is 2.33. The fraction of sp³-hybridized carbons (Fsp3) is 0.739. The lowest BCUT2D eigenvalue weighted by atomic mass is 9.68. The van der Waals surface area contributed by atoms with Gasteiger partial charge in [-0.3, -0.25) is 0 Å². The van der Waals surface area contributed by atoms with Crippen molar-refractivity contribution >= 4 is 0 Å². The molecule has 0 spiro atoms. The Morgan fingerprint density at radius 3 is 2.00 bits per heavy atom. The lowest BCUT2D eigenvalue weighted by molar-refractivity contribution is -0.153. The van der Waals surface area contributed by atoms with Gasteiger partial charge in [0.15, 0.2) is 18.2 Å². The fourth-order valence-corrected chi connectivity index (χ4v) is 5.39. The van der Waals surface area contributed by atoms with Crippen molar-refractivity contribution in [1.29, 1.82) is 0 Å². The van der Waals surface area contributed by atoms with Crippen LogP contribution in [0.5, 0.6) is 5.75 Å². The SMILES string of the molecule is CCCC1CCC(C2CCC(c3ccc(OCC(F)(F)F)c(F)c3F)CC2)CC1. The molecule has 1 aromatic rings. The zero-order valence-electron chi connectivity index (χ0n) is 17.0. The van der Waals surface area contributed by atoms with Gasteiger partial charge in [0, 0.05) is 0 Å². The molecule has 2 fully saturated rings. The quantitative estimate of drug-likeness (QED) is 0.429. The third-order valence-electron chi connectivity index (χ3n) is 6.93. The maximum Gasteiger partial charge on any atom is 0.422 e. The second-order valence-electron chi connectivity index (χ2n) is 8.87. The minimum atomic E-state index is -4.59. The van der Waals surface area contributed by atoms with Crippen LogP contribution in [0, 0.1) is 29.4 Å². The molecule has 2 aliphatic carbocycles. The van der Waals surface area contributed by atoms with Crippen LogP contribution in [0.4, 0.5) is 22.0 Å². The standard InChI is InChI=1S/C23H31F5O/c1-2-3-15-4-6-16(7-5-15)17-8-10-18(11-9-17)19-12-13-20(22(25)21(19)24)29-14-23(26,27)28/h12-13,15-18H,2-11,14H2,1H3. The predicted octanol–water partition coefficient (Wildman–Crippen LogP) is 7.79. The van der Waals surface area contributed by atoms with E-state index in [4.69, 9.17) is 0 Å². The Balaban J connectivity index is 1.55. The fourth-order valence-electron chi connectivity index (χ4n) is 5.39. The van der Waals surface area contributed by atoms with Crippen molar-refractivity contribution in [1.82, 2.24) is 0 Å². The summed E-state index contributed by atoms with van der Waals surface area (Å²) in [6, 6.07) is 2.52. The monoisotopic (exact) mass is 418 g/mol. The lowest BCUT2D eigenvalue weighted by Gasteiger charge is -2.38. The van der Waals surface area contributed by atoms with Gasteiger partial charge in [0.25, 0.3) is 0 Å². The number of ether oxygens (including phenoxy) is 1. The van der Waals surface area contributed by atoms with Crippen molar-refractivity contribution < 1.29 is 26.7 Å². The molecule has 164 valence electrons. The first-order valence-electron chi connectivity index (χ1n) is 11.0. The van der Waals surface area contributed by atoms with E-state index in [9.17, 15) is 22.0 Å². The van der Waals surface area contributed by atoms with E-state index in [0.717, 1.165) is 43.6 Å². The van der Waals surface area contributed by atoms with E-state index in [1.807, 2.05) is 0 Å². The number of benzene rings is 1. The Morgan fingerprint density at radius 1 is 0.862 bits per heavy atom. The van der Waals surface area contributed by atoms with Crippen molar-refractivity contribution in [3.63, 3.8) is 0 Å². The molecule has 6 heteroatoms. The van der Waals surface area contributed by atoms with E-state index in [2.05, 4.69) is 11.7 Å². The Bertz CT molecular complexity index is 656. The molecule has 2 aliphatic rings. The topological polar surface area (TPSA) is 9.23 Å². The van der Waals surface area contributed by atoms with Crippen LogP contribution in [0.15, 0.2) is 12.1 Å². The number of halogens is 5. The summed E-state index contributed by atoms with van der Waals surface area (Å²) in [5.41, 5.74) is 0.270. The number of hydrogen-bond donors (Lipinski definition) is 0. The maximum absolute atomic E-state index is 14.5. The van der Waals surface area contributed by atoms with E-state index in [0.29, 0.717) is 5.92 Å². The summed E-state index contributed by atoms with van der Waals surface area (Å²) in [5, 5.41) is 0. The molecule has 0 heterocycles. The molecule has 0 unspecified atom stereocenters. The Hall–Kier alpha value is -1.33. The van der Waals surface area contributed by atoms with Crippen molar-refractivity contribution in [3.8, 4) is 5.75 Å². The summed E-state index contributed by atoms with van der Waals surface area (Å²) in [5.74, 6) is -0.839. The van der Waals surface area contributed by atoms with E-state index < -0.39 is 30.2 Å². The first kappa shape index (κ1) is 22.4. The molecule has 0 N–H and O–H groups in total. The smallest absolute Gasteiger partial charge is 0.422 e. The molecular weight excluding hydrogens is 387 g/mol. The largest absolute Gasteiger partial charge is 0.481 e. The van der Waals surface area contributed by atoms with Crippen molar-refractivity contribution in [2.75, 3.05) is 6.61 Å². The van der Waals surface area contributed by atoms with E-state index in [-0.39, 0.29) is 11.5 Å². The average Bonchev–Trinajstić information content (AvgIpc) is 2.70. The molecule has 29 heavy (non-hydrogen) atoms. The minimum Gasteiger partial charge on any atom is -0.481 e. The first-order valence-corrected chi connectivity index (χ1v) is 11.0. The molecule has 1 aromatic carbocycles.